The standard InChI is InChI=1S/C28H31N3O5/c1-19-12-13-20(2)23(16-19)31(25(32)18-30-27(33)24-11-7-15-36-24)26(21-8-4-3-5-9-21)28(34)29-17-22-10-6-14-35-22/h3-5,7-9,11-13,15-16,22,26H,6,10,14,17-18H2,1-2H3,(H,29,34)(H,30,33)/t22-,26+/m1/s1. The van der Waals surface area contributed by atoms with Crippen LogP contribution in [0.3, 0.4) is 0 Å². The number of benzene rings is 2. The minimum absolute atomic E-state index is 0.0391. The van der Waals surface area contributed by atoms with Gasteiger partial charge in [-0.2, -0.15) is 0 Å². The van der Waals surface area contributed by atoms with E-state index in [-0.39, 0.29) is 24.3 Å². The van der Waals surface area contributed by atoms with Crippen LogP contribution in [-0.4, -0.2) is 43.5 Å². The van der Waals surface area contributed by atoms with Gasteiger partial charge < -0.3 is 19.8 Å². The molecule has 1 aliphatic heterocycles. The van der Waals surface area contributed by atoms with Crippen molar-refractivity contribution >= 4 is 23.4 Å². The van der Waals surface area contributed by atoms with Crippen molar-refractivity contribution in [1.29, 1.82) is 0 Å². The van der Waals surface area contributed by atoms with Gasteiger partial charge in [-0.05, 0) is 61.6 Å². The molecule has 4 rings (SSSR count). The van der Waals surface area contributed by atoms with Gasteiger partial charge in [0.15, 0.2) is 5.76 Å². The number of furan rings is 1. The molecular weight excluding hydrogens is 458 g/mol. The fraction of sp³-hybridized carbons (Fsp3) is 0.321. The fourth-order valence-corrected chi connectivity index (χ4v) is 4.30. The molecule has 3 aromatic rings. The Morgan fingerprint density at radius 1 is 1.03 bits per heavy atom. The van der Waals surface area contributed by atoms with Crippen molar-refractivity contribution in [3.05, 3.63) is 89.4 Å². The van der Waals surface area contributed by atoms with E-state index in [1.807, 2.05) is 62.4 Å². The van der Waals surface area contributed by atoms with Crippen molar-refractivity contribution in [1.82, 2.24) is 10.6 Å². The van der Waals surface area contributed by atoms with E-state index in [1.165, 1.54) is 17.2 Å². The van der Waals surface area contributed by atoms with Crippen LogP contribution in [0.15, 0.2) is 71.3 Å². The first-order valence-electron chi connectivity index (χ1n) is 12.1. The number of amides is 3. The Morgan fingerprint density at radius 3 is 2.53 bits per heavy atom. The lowest BCUT2D eigenvalue weighted by molar-refractivity contribution is -0.126. The lowest BCUT2D eigenvalue weighted by Crippen LogP contribution is -2.48. The van der Waals surface area contributed by atoms with Crippen molar-refractivity contribution < 1.29 is 23.5 Å². The van der Waals surface area contributed by atoms with E-state index < -0.39 is 17.9 Å². The quantitative estimate of drug-likeness (QED) is 0.477. The van der Waals surface area contributed by atoms with Gasteiger partial charge in [0.2, 0.25) is 11.8 Å². The number of anilines is 1. The van der Waals surface area contributed by atoms with E-state index in [9.17, 15) is 14.4 Å². The second kappa shape index (κ2) is 11.7. The molecule has 2 heterocycles. The van der Waals surface area contributed by atoms with Crippen molar-refractivity contribution in [2.75, 3.05) is 24.6 Å². The molecule has 1 saturated heterocycles. The number of carbonyl (C=O) groups excluding carboxylic acids is 3. The van der Waals surface area contributed by atoms with Crippen LogP contribution in [0, 0.1) is 13.8 Å². The summed E-state index contributed by atoms with van der Waals surface area (Å²) in [6, 6.07) is 17.1. The summed E-state index contributed by atoms with van der Waals surface area (Å²) in [5.41, 5.74) is 3.04. The topological polar surface area (TPSA) is 101 Å². The highest BCUT2D eigenvalue weighted by Gasteiger charge is 2.34. The van der Waals surface area contributed by atoms with Gasteiger partial charge in [0, 0.05) is 18.8 Å². The Labute approximate surface area is 210 Å². The average Bonchev–Trinajstić information content (AvgIpc) is 3.61. The van der Waals surface area contributed by atoms with Gasteiger partial charge in [-0.15, -0.1) is 0 Å². The second-order valence-corrected chi connectivity index (χ2v) is 8.91. The molecule has 0 unspecified atom stereocenters. The van der Waals surface area contributed by atoms with Gasteiger partial charge in [0.1, 0.15) is 6.04 Å². The maximum atomic E-state index is 13.7. The van der Waals surface area contributed by atoms with Crippen LogP contribution in [0.25, 0.3) is 0 Å². The van der Waals surface area contributed by atoms with Gasteiger partial charge in [-0.25, -0.2) is 0 Å². The normalized spacial score (nSPS) is 15.8. The van der Waals surface area contributed by atoms with Gasteiger partial charge in [0.25, 0.3) is 5.91 Å². The van der Waals surface area contributed by atoms with Gasteiger partial charge in [0.05, 0.1) is 18.9 Å². The molecule has 8 nitrogen and oxygen atoms in total. The third-order valence-corrected chi connectivity index (χ3v) is 6.19. The molecule has 3 amide bonds. The number of aryl methyl sites for hydroxylation is 2. The summed E-state index contributed by atoms with van der Waals surface area (Å²) in [5, 5.41) is 5.61. The second-order valence-electron chi connectivity index (χ2n) is 8.91. The minimum atomic E-state index is -0.943. The molecule has 0 saturated carbocycles. The number of ether oxygens (including phenoxy) is 1. The number of nitrogens with one attached hydrogen (secondary N) is 2. The molecule has 2 aromatic carbocycles. The van der Waals surface area contributed by atoms with E-state index >= 15 is 0 Å². The Bertz CT molecular complexity index is 1190. The zero-order chi connectivity index (χ0) is 25.5. The largest absolute Gasteiger partial charge is 0.459 e. The van der Waals surface area contributed by atoms with Crippen LogP contribution in [0.5, 0.6) is 0 Å². The smallest absolute Gasteiger partial charge is 0.287 e. The van der Waals surface area contributed by atoms with E-state index in [2.05, 4.69) is 10.6 Å². The first kappa shape index (κ1) is 25.2. The van der Waals surface area contributed by atoms with Gasteiger partial charge in [-0.3, -0.25) is 19.3 Å². The molecule has 8 heteroatoms. The summed E-state index contributed by atoms with van der Waals surface area (Å²) in [5.74, 6) is -1.14. The third-order valence-electron chi connectivity index (χ3n) is 6.19. The van der Waals surface area contributed by atoms with Gasteiger partial charge in [-0.1, -0.05) is 42.5 Å². The Balaban J connectivity index is 1.67. The maximum absolute atomic E-state index is 13.7. The predicted octanol–water partition coefficient (Wildman–Crippen LogP) is 3.70. The van der Waals surface area contributed by atoms with E-state index in [4.69, 9.17) is 9.15 Å². The fourth-order valence-electron chi connectivity index (χ4n) is 4.30. The molecular formula is C28H31N3O5. The molecule has 0 bridgehead atoms. The van der Waals surface area contributed by atoms with Crippen LogP contribution in [0.2, 0.25) is 0 Å². The van der Waals surface area contributed by atoms with Crippen LogP contribution in [-0.2, 0) is 14.3 Å². The van der Waals surface area contributed by atoms with E-state index in [1.54, 1.807) is 6.07 Å². The minimum Gasteiger partial charge on any atom is -0.459 e. The molecule has 1 aliphatic rings. The Morgan fingerprint density at radius 2 is 1.83 bits per heavy atom. The Hall–Kier alpha value is -3.91. The Kier molecular flexibility index (Phi) is 8.17. The molecule has 2 atom stereocenters. The van der Waals surface area contributed by atoms with Crippen LogP contribution in [0.4, 0.5) is 5.69 Å². The summed E-state index contributed by atoms with van der Waals surface area (Å²) in [7, 11) is 0. The molecule has 188 valence electrons. The van der Waals surface area contributed by atoms with Crippen LogP contribution < -0.4 is 15.5 Å². The highest BCUT2D eigenvalue weighted by atomic mass is 16.5. The first-order chi connectivity index (χ1) is 17.4. The molecule has 2 N–H and O–H groups in total. The first-order valence-corrected chi connectivity index (χ1v) is 12.1. The van der Waals surface area contributed by atoms with Crippen molar-refractivity contribution in [3.8, 4) is 0 Å². The van der Waals surface area contributed by atoms with Crippen molar-refractivity contribution in [2.24, 2.45) is 0 Å². The number of rotatable bonds is 9. The number of hydrogen-bond donors (Lipinski definition) is 2. The van der Waals surface area contributed by atoms with E-state index in [0.717, 1.165) is 24.0 Å². The molecule has 1 fully saturated rings. The summed E-state index contributed by atoms with van der Waals surface area (Å²) in [4.78, 5) is 41.3. The SMILES string of the molecule is Cc1ccc(C)c(N(C(=O)CNC(=O)c2ccco2)[C@H](C(=O)NC[C@H]2CCCO2)c2ccccc2)c1. The zero-order valence-electron chi connectivity index (χ0n) is 20.5. The molecule has 36 heavy (non-hydrogen) atoms. The van der Waals surface area contributed by atoms with Crippen molar-refractivity contribution in [2.45, 2.75) is 38.8 Å². The number of nitrogens with zero attached hydrogens (tertiary/aromatic N) is 1. The summed E-state index contributed by atoms with van der Waals surface area (Å²) in [6.45, 7) is 4.56. The summed E-state index contributed by atoms with van der Waals surface area (Å²) < 4.78 is 10.8. The molecule has 1 aromatic heterocycles. The highest BCUT2D eigenvalue weighted by molar-refractivity contribution is 6.04. The molecule has 0 aliphatic carbocycles. The highest BCUT2D eigenvalue weighted by Crippen LogP contribution is 2.31. The monoisotopic (exact) mass is 489 g/mol. The predicted molar refractivity (Wildman–Crippen MR) is 136 cm³/mol. The zero-order valence-corrected chi connectivity index (χ0v) is 20.5. The average molecular weight is 490 g/mol. The van der Waals surface area contributed by atoms with E-state index in [0.29, 0.717) is 24.4 Å². The molecule has 0 radical (unpaired) electrons. The van der Waals surface area contributed by atoms with Gasteiger partial charge >= 0.3 is 0 Å². The summed E-state index contributed by atoms with van der Waals surface area (Å²) >= 11 is 0. The lowest BCUT2D eigenvalue weighted by Gasteiger charge is -2.33. The molecule has 0 spiro atoms. The van der Waals surface area contributed by atoms with Crippen LogP contribution in [0.1, 0.15) is 46.1 Å². The number of hydrogen-bond acceptors (Lipinski definition) is 5. The summed E-state index contributed by atoms with van der Waals surface area (Å²) in [6.07, 6.45) is 3.20. The lowest BCUT2D eigenvalue weighted by atomic mass is 10.0. The maximum Gasteiger partial charge on any atom is 0.287 e. The van der Waals surface area contributed by atoms with Crippen LogP contribution >= 0.6 is 0 Å². The third kappa shape index (κ3) is 6.01. The number of carbonyl (C=O) groups is 3. The van der Waals surface area contributed by atoms with Crippen molar-refractivity contribution in [3.63, 3.8) is 0 Å².